The molecule has 0 unspecified atom stereocenters. The van der Waals surface area contributed by atoms with Crippen LogP contribution in [-0.2, 0) is 4.79 Å². The first-order chi connectivity index (χ1) is 10.0. The van der Waals surface area contributed by atoms with E-state index in [4.69, 9.17) is 10.1 Å². The lowest BCUT2D eigenvalue weighted by molar-refractivity contribution is -0.138. The second-order valence-electron chi connectivity index (χ2n) is 5.53. The summed E-state index contributed by atoms with van der Waals surface area (Å²) in [5.41, 5.74) is 3.58. The van der Waals surface area contributed by atoms with Crippen LogP contribution in [0, 0.1) is 13.8 Å². The van der Waals surface area contributed by atoms with Crippen LogP contribution in [0.1, 0.15) is 11.1 Å². The van der Waals surface area contributed by atoms with Crippen LogP contribution in [0.3, 0.4) is 0 Å². The molecule has 0 amide bonds. The Morgan fingerprint density at radius 3 is 2.52 bits per heavy atom. The summed E-state index contributed by atoms with van der Waals surface area (Å²) in [5, 5.41) is 9.89. The van der Waals surface area contributed by atoms with Gasteiger partial charge in [0.2, 0.25) is 0 Å². The fraction of sp³-hybridized carbons (Fsp3) is 0.467. The molecular formula is C15H19N3O2S. The Hall–Kier alpha value is -1.66. The molecule has 2 heterocycles. The number of thiazole rings is 1. The van der Waals surface area contributed by atoms with Crippen LogP contribution in [0.5, 0.6) is 0 Å². The number of benzene rings is 1. The van der Waals surface area contributed by atoms with Crippen molar-refractivity contribution in [3.63, 3.8) is 0 Å². The zero-order chi connectivity index (χ0) is 15.0. The number of nitrogens with zero attached hydrogens (tertiary/aromatic N) is 3. The van der Waals surface area contributed by atoms with Gasteiger partial charge in [-0.15, -0.1) is 0 Å². The lowest BCUT2D eigenvalue weighted by atomic mass is 10.1. The summed E-state index contributed by atoms with van der Waals surface area (Å²) in [5.74, 6) is -0.755. The van der Waals surface area contributed by atoms with Gasteiger partial charge in [0, 0.05) is 26.2 Å². The van der Waals surface area contributed by atoms with Gasteiger partial charge in [-0.1, -0.05) is 23.5 Å². The zero-order valence-corrected chi connectivity index (χ0v) is 13.1. The molecule has 1 aromatic carbocycles. The van der Waals surface area contributed by atoms with Crippen molar-refractivity contribution in [3.05, 3.63) is 23.3 Å². The lowest BCUT2D eigenvalue weighted by Crippen LogP contribution is -2.47. The summed E-state index contributed by atoms with van der Waals surface area (Å²) in [7, 11) is 0. The molecule has 0 spiro atoms. The molecule has 0 atom stereocenters. The van der Waals surface area contributed by atoms with Crippen LogP contribution in [0.15, 0.2) is 12.1 Å². The van der Waals surface area contributed by atoms with Gasteiger partial charge in [0.25, 0.3) is 0 Å². The number of carboxylic acids is 1. The molecule has 1 saturated heterocycles. The second-order valence-corrected chi connectivity index (χ2v) is 6.51. The van der Waals surface area contributed by atoms with E-state index in [1.807, 2.05) is 4.90 Å². The summed E-state index contributed by atoms with van der Waals surface area (Å²) in [6, 6.07) is 4.26. The topological polar surface area (TPSA) is 56.7 Å². The van der Waals surface area contributed by atoms with Gasteiger partial charge in [-0.25, -0.2) is 4.98 Å². The fourth-order valence-corrected chi connectivity index (χ4v) is 3.84. The summed E-state index contributed by atoms with van der Waals surface area (Å²) >= 11 is 1.74. The van der Waals surface area contributed by atoms with E-state index < -0.39 is 5.97 Å². The number of fused-ring (bicyclic) bond motifs is 1. The van der Waals surface area contributed by atoms with Crippen molar-refractivity contribution in [1.82, 2.24) is 9.88 Å². The Labute approximate surface area is 127 Å². The van der Waals surface area contributed by atoms with Gasteiger partial charge in [0.15, 0.2) is 5.13 Å². The van der Waals surface area contributed by atoms with Crippen LogP contribution in [0.4, 0.5) is 5.13 Å². The maximum Gasteiger partial charge on any atom is 0.317 e. The molecule has 5 nitrogen and oxygen atoms in total. The first-order valence-electron chi connectivity index (χ1n) is 7.10. The van der Waals surface area contributed by atoms with Crippen LogP contribution in [0.2, 0.25) is 0 Å². The SMILES string of the molecule is Cc1ccc(C)c2sc(N3CCN(CC(=O)O)CC3)nc12. The monoisotopic (exact) mass is 305 g/mol. The number of hydrogen-bond acceptors (Lipinski definition) is 5. The second kappa shape index (κ2) is 5.61. The van der Waals surface area contributed by atoms with Gasteiger partial charge in [-0.05, 0) is 25.0 Å². The van der Waals surface area contributed by atoms with E-state index in [0.29, 0.717) is 0 Å². The average Bonchev–Trinajstić information content (AvgIpc) is 2.89. The highest BCUT2D eigenvalue weighted by Crippen LogP contribution is 2.33. The third-order valence-electron chi connectivity index (χ3n) is 3.93. The number of anilines is 1. The molecule has 2 aromatic rings. The number of aryl methyl sites for hydroxylation is 2. The standard InChI is InChI=1S/C15H19N3O2S/c1-10-3-4-11(2)14-13(10)16-15(21-14)18-7-5-17(6-8-18)9-12(19)20/h3-4H,5-9H2,1-2H3,(H,19,20). The molecule has 1 N–H and O–H groups in total. The van der Waals surface area contributed by atoms with E-state index in [2.05, 4.69) is 30.9 Å². The van der Waals surface area contributed by atoms with Crippen molar-refractivity contribution in [3.8, 4) is 0 Å². The number of aliphatic carboxylic acids is 1. The Morgan fingerprint density at radius 2 is 1.90 bits per heavy atom. The molecule has 0 aliphatic carbocycles. The Balaban J connectivity index is 1.78. The van der Waals surface area contributed by atoms with E-state index in [-0.39, 0.29) is 6.54 Å². The minimum Gasteiger partial charge on any atom is -0.480 e. The van der Waals surface area contributed by atoms with E-state index in [9.17, 15) is 4.79 Å². The highest BCUT2D eigenvalue weighted by Gasteiger charge is 2.21. The molecule has 0 radical (unpaired) electrons. The third kappa shape index (κ3) is 2.87. The van der Waals surface area contributed by atoms with Gasteiger partial charge in [-0.2, -0.15) is 0 Å². The fourth-order valence-electron chi connectivity index (χ4n) is 2.67. The minimum absolute atomic E-state index is 0.131. The van der Waals surface area contributed by atoms with Gasteiger partial charge in [0.1, 0.15) is 0 Å². The van der Waals surface area contributed by atoms with Crippen molar-refractivity contribution in [1.29, 1.82) is 0 Å². The lowest BCUT2D eigenvalue weighted by Gasteiger charge is -2.33. The molecule has 3 rings (SSSR count). The van der Waals surface area contributed by atoms with Gasteiger partial charge < -0.3 is 10.0 Å². The Morgan fingerprint density at radius 1 is 1.24 bits per heavy atom. The maximum absolute atomic E-state index is 10.7. The highest BCUT2D eigenvalue weighted by molar-refractivity contribution is 7.22. The molecule has 1 aromatic heterocycles. The van der Waals surface area contributed by atoms with E-state index >= 15 is 0 Å². The number of rotatable bonds is 3. The number of carbonyl (C=O) groups is 1. The van der Waals surface area contributed by atoms with Gasteiger partial charge >= 0.3 is 5.97 Å². The normalized spacial score (nSPS) is 16.6. The largest absolute Gasteiger partial charge is 0.480 e. The van der Waals surface area contributed by atoms with Crippen LogP contribution in [0.25, 0.3) is 10.2 Å². The molecule has 21 heavy (non-hydrogen) atoms. The maximum atomic E-state index is 10.7. The third-order valence-corrected chi connectivity index (χ3v) is 5.18. The van der Waals surface area contributed by atoms with Crippen molar-refractivity contribution in [2.75, 3.05) is 37.6 Å². The van der Waals surface area contributed by atoms with E-state index in [1.165, 1.54) is 15.8 Å². The number of carboxylic acid groups (broad SMARTS) is 1. The Bertz CT molecular complexity index is 636. The van der Waals surface area contributed by atoms with Crippen LogP contribution < -0.4 is 4.90 Å². The molecule has 0 bridgehead atoms. The predicted octanol–water partition coefficient (Wildman–Crippen LogP) is 2.12. The number of aromatic nitrogens is 1. The first kappa shape index (κ1) is 14.3. The predicted molar refractivity (Wildman–Crippen MR) is 85.4 cm³/mol. The summed E-state index contributed by atoms with van der Waals surface area (Å²) in [6.45, 7) is 7.58. The summed E-state index contributed by atoms with van der Waals surface area (Å²) in [6.07, 6.45) is 0. The van der Waals surface area contributed by atoms with Crippen molar-refractivity contribution >= 4 is 32.7 Å². The average molecular weight is 305 g/mol. The van der Waals surface area contributed by atoms with Crippen LogP contribution in [-0.4, -0.2) is 53.7 Å². The number of hydrogen-bond donors (Lipinski definition) is 1. The molecule has 112 valence electrons. The van der Waals surface area contributed by atoms with Crippen molar-refractivity contribution < 1.29 is 9.90 Å². The minimum atomic E-state index is -0.755. The van der Waals surface area contributed by atoms with Gasteiger partial charge in [-0.3, -0.25) is 9.69 Å². The number of piperazine rings is 1. The highest BCUT2D eigenvalue weighted by atomic mass is 32.1. The van der Waals surface area contributed by atoms with Crippen LogP contribution >= 0.6 is 11.3 Å². The summed E-state index contributed by atoms with van der Waals surface area (Å²) < 4.78 is 1.26. The van der Waals surface area contributed by atoms with E-state index in [1.54, 1.807) is 11.3 Å². The first-order valence-corrected chi connectivity index (χ1v) is 7.92. The van der Waals surface area contributed by atoms with Gasteiger partial charge in [0.05, 0.1) is 16.8 Å². The Kier molecular flexibility index (Phi) is 3.82. The molecule has 1 fully saturated rings. The molecular weight excluding hydrogens is 286 g/mol. The zero-order valence-electron chi connectivity index (χ0n) is 12.3. The van der Waals surface area contributed by atoms with Crippen molar-refractivity contribution in [2.24, 2.45) is 0 Å². The van der Waals surface area contributed by atoms with E-state index in [0.717, 1.165) is 36.8 Å². The molecule has 1 aliphatic heterocycles. The molecule has 0 saturated carbocycles. The smallest absolute Gasteiger partial charge is 0.317 e. The quantitative estimate of drug-likeness (QED) is 0.941. The molecule has 1 aliphatic rings. The van der Waals surface area contributed by atoms with Crippen molar-refractivity contribution in [2.45, 2.75) is 13.8 Å². The summed E-state index contributed by atoms with van der Waals surface area (Å²) in [4.78, 5) is 19.8. The molecule has 6 heteroatoms.